The standard InChI is InChI=1S/C7H6FNO/c1-5-2-3-6(4-9-5)7(8)10/h2-4H,1H3. The first-order valence-electron chi connectivity index (χ1n) is 2.82. The highest BCUT2D eigenvalue weighted by Gasteiger charge is 2.00. The first-order valence-corrected chi connectivity index (χ1v) is 2.82. The zero-order valence-electron chi connectivity index (χ0n) is 5.47. The Kier molecular flexibility index (Phi) is 1.76. The van der Waals surface area contributed by atoms with Crippen molar-refractivity contribution in [2.24, 2.45) is 0 Å². The molecular formula is C7H6FNO. The summed E-state index contributed by atoms with van der Waals surface area (Å²) in [5, 5.41) is 0. The van der Waals surface area contributed by atoms with Gasteiger partial charge < -0.3 is 0 Å². The Labute approximate surface area is 57.7 Å². The van der Waals surface area contributed by atoms with Gasteiger partial charge in [-0.15, -0.1) is 0 Å². The van der Waals surface area contributed by atoms with Crippen LogP contribution in [0.1, 0.15) is 16.1 Å². The molecule has 0 aliphatic heterocycles. The summed E-state index contributed by atoms with van der Waals surface area (Å²) in [5.41, 5.74) is 0.774. The molecule has 0 fully saturated rings. The van der Waals surface area contributed by atoms with Crippen LogP contribution in [0.2, 0.25) is 0 Å². The average molecular weight is 139 g/mol. The number of nitrogens with zero attached hydrogens (tertiary/aromatic N) is 1. The average Bonchev–Trinajstić information content (AvgIpc) is 1.88. The van der Waals surface area contributed by atoms with Crippen LogP contribution in [0.3, 0.4) is 0 Å². The molecular weight excluding hydrogens is 133 g/mol. The van der Waals surface area contributed by atoms with Crippen molar-refractivity contribution < 1.29 is 9.18 Å². The van der Waals surface area contributed by atoms with E-state index in [1.165, 1.54) is 12.3 Å². The lowest BCUT2D eigenvalue weighted by Gasteiger charge is -1.90. The number of pyridine rings is 1. The number of carbonyl (C=O) groups is 1. The van der Waals surface area contributed by atoms with Gasteiger partial charge in [0.15, 0.2) is 0 Å². The monoisotopic (exact) mass is 139 g/mol. The van der Waals surface area contributed by atoms with Gasteiger partial charge in [-0.2, -0.15) is 4.39 Å². The van der Waals surface area contributed by atoms with Gasteiger partial charge in [0.2, 0.25) is 0 Å². The number of rotatable bonds is 1. The maximum absolute atomic E-state index is 11.9. The highest BCUT2D eigenvalue weighted by Crippen LogP contribution is 2.00. The van der Waals surface area contributed by atoms with E-state index >= 15 is 0 Å². The molecule has 1 aromatic heterocycles. The Bertz CT molecular complexity index is 242. The van der Waals surface area contributed by atoms with Crippen LogP contribution in [0.15, 0.2) is 18.3 Å². The molecule has 0 amide bonds. The molecule has 10 heavy (non-hydrogen) atoms. The number of carbonyl (C=O) groups excluding carboxylic acids is 1. The number of aromatic nitrogens is 1. The number of hydrogen-bond donors (Lipinski definition) is 0. The number of aryl methyl sites for hydroxylation is 1. The molecule has 0 aliphatic carbocycles. The first-order chi connectivity index (χ1) is 4.70. The van der Waals surface area contributed by atoms with Crippen molar-refractivity contribution in [2.45, 2.75) is 6.92 Å². The largest absolute Gasteiger partial charge is 0.333 e. The lowest BCUT2D eigenvalue weighted by Crippen LogP contribution is -1.91. The number of hydrogen-bond acceptors (Lipinski definition) is 2. The summed E-state index contributed by atoms with van der Waals surface area (Å²) < 4.78 is 11.9. The van der Waals surface area contributed by atoms with E-state index in [1.54, 1.807) is 13.0 Å². The summed E-state index contributed by atoms with van der Waals surface area (Å²) in [5.74, 6) is 0. The zero-order valence-corrected chi connectivity index (χ0v) is 5.47. The maximum Gasteiger partial charge on any atom is 0.333 e. The molecule has 0 aliphatic rings. The van der Waals surface area contributed by atoms with Gasteiger partial charge in [0, 0.05) is 11.9 Å². The summed E-state index contributed by atoms with van der Waals surface area (Å²) in [6, 6.07) is 1.56. The van der Waals surface area contributed by atoms with Crippen LogP contribution in [0.5, 0.6) is 0 Å². The first kappa shape index (κ1) is 6.86. The van der Waals surface area contributed by atoms with Crippen molar-refractivity contribution in [3.63, 3.8) is 0 Å². The maximum atomic E-state index is 11.9. The Hall–Kier alpha value is -1.25. The molecule has 52 valence electrons. The second-order valence-corrected chi connectivity index (χ2v) is 1.96. The number of halogens is 1. The molecule has 1 rings (SSSR count). The molecule has 0 spiro atoms. The molecule has 2 nitrogen and oxygen atoms in total. The zero-order chi connectivity index (χ0) is 7.56. The Balaban J connectivity index is 3.00. The van der Waals surface area contributed by atoms with Crippen molar-refractivity contribution in [3.05, 3.63) is 29.6 Å². The van der Waals surface area contributed by atoms with Gasteiger partial charge in [0.05, 0.1) is 5.56 Å². The summed E-state index contributed by atoms with van der Waals surface area (Å²) in [7, 11) is 0. The van der Waals surface area contributed by atoms with Crippen LogP contribution in [0.4, 0.5) is 4.39 Å². The second kappa shape index (κ2) is 2.56. The van der Waals surface area contributed by atoms with E-state index in [0.29, 0.717) is 0 Å². The van der Waals surface area contributed by atoms with Gasteiger partial charge in [-0.3, -0.25) is 9.78 Å². The van der Waals surface area contributed by atoms with Crippen molar-refractivity contribution in [1.29, 1.82) is 0 Å². The van der Waals surface area contributed by atoms with E-state index < -0.39 is 6.04 Å². The lowest BCUT2D eigenvalue weighted by molar-refractivity contribution is 0.0835. The molecule has 0 bridgehead atoms. The second-order valence-electron chi connectivity index (χ2n) is 1.96. The van der Waals surface area contributed by atoms with Crippen LogP contribution >= 0.6 is 0 Å². The molecule has 0 aromatic carbocycles. The van der Waals surface area contributed by atoms with Crippen LogP contribution in [0.25, 0.3) is 0 Å². The Morgan fingerprint density at radius 2 is 2.30 bits per heavy atom. The predicted octanol–water partition coefficient (Wildman–Crippen LogP) is 1.50. The van der Waals surface area contributed by atoms with Crippen molar-refractivity contribution >= 4 is 6.04 Å². The topological polar surface area (TPSA) is 30.0 Å². The minimum atomic E-state index is -1.44. The lowest BCUT2D eigenvalue weighted by atomic mass is 10.3. The molecule has 0 saturated carbocycles. The van der Waals surface area contributed by atoms with Crippen molar-refractivity contribution in [1.82, 2.24) is 4.98 Å². The van der Waals surface area contributed by atoms with Crippen molar-refractivity contribution in [2.75, 3.05) is 0 Å². The molecule has 0 saturated heterocycles. The third-order valence-corrected chi connectivity index (χ3v) is 1.14. The van der Waals surface area contributed by atoms with Gasteiger partial charge in [-0.1, -0.05) is 0 Å². The summed E-state index contributed by atoms with van der Waals surface area (Å²) in [4.78, 5) is 13.8. The third kappa shape index (κ3) is 1.37. The quantitative estimate of drug-likeness (QED) is 0.552. The fourth-order valence-corrected chi connectivity index (χ4v) is 0.584. The Morgan fingerprint density at radius 3 is 2.70 bits per heavy atom. The summed E-state index contributed by atoms with van der Waals surface area (Å²) in [6.07, 6.45) is 1.22. The van der Waals surface area contributed by atoms with Crippen LogP contribution in [0, 0.1) is 6.92 Å². The molecule has 0 unspecified atom stereocenters. The highest BCUT2D eigenvalue weighted by atomic mass is 19.1. The van der Waals surface area contributed by atoms with Gasteiger partial charge in [0.25, 0.3) is 0 Å². The normalized spacial score (nSPS) is 9.40. The molecule has 0 N–H and O–H groups in total. The van der Waals surface area contributed by atoms with Crippen LogP contribution in [-0.4, -0.2) is 11.0 Å². The fraction of sp³-hybridized carbons (Fsp3) is 0.143. The smallest absolute Gasteiger partial charge is 0.261 e. The van der Waals surface area contributed by atoms with Gasteiger partial charge in [-0.25, -0.2) is 0 Å². The summed E-state index contributed by atoms with van der Waals surface area (Å²) >= 11 is 0. The van der Waals surface area contributed by atoms with Crippen LogP contribution in [-0.2, 0) is 0 Å². The minimum Gasteiger partial charge on any atom is -0.261 e. The highest BCUT2D eigenvalue weighted by molar-refractivity contribution is 5.87. The molecule has 0 atom stereocenters. The van der Waals surface area contributed by atoms with E-state index in [4.69, 9.17) is 0 Å². The van der Waals surface area contributed by atoms with E-state index in [0.717, 1.165) is 5.69 Å². The van der Waals surface area contributed by atoms with Crippen LogP contribution < -0.4 is 0 Å². The van der Waals surface area contributed by atoms with E-state index in [-0.39, 0.29) is 5.56 Å². The van der Waals surface area contributed by atoms with E-state index in [9.17, 15) is 9.18 Å². The minimum absolute atomic E-state index is 0.00519. The summed E-state index contributed by atoms with van der Waals surface area (Å²) in [6.45, 7) is 1.77. The molecule has 3 heteroatoms. The van der Waals surface area contributed by atoms with Gasteiger partial charge in [-0.05, 0) is 19.1 Å². The molecule has 0 radical (unpaired) electrons. The van der Waals surface area contributed by atoms with Crippen molar-refractivity contribution in [3.8, 4) is 0 Å². The van der Waals surface area contributed by atoms with Gasteiger partial charge in [0.1, 0.15) is 0 Å². The van der Waals surface area contributed by atoms with E-state index in [1.807, 2.05) is 0 Å². The molecule has 1 aromatic rings. The van der Waals surface area contributed by atoms with Gasteiger partial charge >= 0.3 is 6.04 Å². The molecule has 1 heterocycles. The fourth-order valence-electron chi connectivity index (χ4n) is 0.584. The Morgan fingerprint density at radius 1 is 1.60 bits per heavy atom. The predicted molar refractivity (Wildman–Crippen MR) is 34.4 cm³/mol. The third-order valence-electron chi connectivity index (χ3n) is 1.14. The SMILES string of the molecule is Cc1ccc(C(=O)F)cn1. The van der Waals surface area contributed by atoms with E-state index in [2.05, 4.69) is 4.98 Å².